The molecule has 166 valence electrons. The van der Waals surface area contributed by atoms with E-state index in [1.165, 1.54) is 15.9 Å². The van der Waals surface area contributed by atoms with E-state index in [0.29, 0.717) is 32.5 Å². The van der Waals surface area contributed by atoms with Crippen molar-refractivity contribution in [3.63, 3.8) is 0 Å². The van der Waals surface area contributed by atoms with Gasteiger partial charge in [0.15, 0.2) is 5.82 Å². The number of hydrogen-bond donors (Lipinski definition) is 0. The van der Waals surface area contributed by atoms with Crippen molar-refractivity contribution in [1.29, 1.82) is 0 Å². The number of nitrogens with zero attached hydrogens (tertiary/aromatic N) is 4. The van der Waals surface area contributed by atoms with Gasteiger partial charge in [-0.1, -0.05) is 77.0 Å². The number of aromatic nitrogens is 3. The monoisotopic (exact) mass is 484 g/mol. The number of thiazole rings is 1. The van der Waals surface area contributed by atoms with Crippen LogP contribution in [-0.2, 0) is 11.3 Å². The Morgan fingerprint density at radius 1 is 0.971 bits per heavy atom. The van der Waals surface area contributed by atoms with Crippen LogP contribution in [0.15, 0.2) is 77.6 Å². The molecule has 0 saturated heterocycles. The lowest BCUT2D eigenvalue weighted by atomic mass is 10.1. The minimum atomic E-state index is -0.335. The van der Waals surface area contributed by atoms with E-state index >= 15 is 0 Å². The van der Waals surface area contributed by atoms with Gasteiger partial charge in [-0.05, 0) is 36.8 Å². The summed E-state index contributed by atoms with van der Waals surface area (Å²) in [6, 6.07) is 22.7. The number of carbonyl (C=O) groups is 1. The largest absolute Gasteiger partial charge is 0.303 e. The number of hydrogen-bond acceptors (Lipinski definition) is 5. The van der Waals surface area contributed by atoms with Crippen LogP contribution in [0.3, 0.4) is 0 Å². The Morgan fingerprint density at radius 2 is 1.76 bits per heavy atom. The van der Waals surface area contributed by atoms with Crippen molar-refractivity contribution in [2.24, 2.45) is 0 Å². The van der Waals surface area contributed by atoms with E-state index in [-0.39, 0.29) is 11.5 Å². The summed E-state index contributed by atoms with van der Waals surface area (Å²) in [6.07, 6.45) is 0. The molecular weight excluding hydrogens is 468 g/mol. The highest BCUT2D eigenvalue weighted by molar-refractivity contribution is 7.15. The highest BCUT2D eigenvalue weighted by Gasteiger charge is 2.34. The number of amides is 1. The molecule has 0 bridgehead atoms. The average Bonchev–Trinajstić information content (AvgIpc) is 3.47. The first kappa shape index (κ1) is 20.8. The molecule has 0 unspecified atom stereocenters. The van der Waals surface area contributed by atoms with Gasteiger partial charge in [-0.15, -0.1) is 5.10 Å². The zero-order valence-corrected chi connectivity index (χ0v) is 19.6. The van der Waals surface area contributed by atoms with E-state index in [1.807, 2.05) is 67.6 Å². The predicted octanol–water partition coefficient (Wildman–Crippen LogP) is 4.24. The van der Waals surface area contributed by atoms with Gasteiger partial charge in [-0.2, -0.15) is 9.50 Å². The lowest BCUT2D eigenvalue weighted by Crippen LogP contribution is -2.32. The molecule has 0 aliphatic carbocycles. The van der Waals surface area contributed by atoms with Crippen LogP contribution in [0.25, 0.3) is 21.9 Å². The molecule has 0 radical (unpaired) electrons. The van der Waals surface area contributed by atoms with E-state index in [4.69, 9.17) is 11.6 Å². The van der Waals surface area contributed by atoms with Gasteiger partial charge < -0.3 is 4.90 Å². The van der Waals surface area contributed by atoms with Gasteiger partial charge in [0.05, 0.1) is 17.8 Å². The van der Waals surface area contributed by atoms with Crippen LogP contribution >= 0.6 is 22.9 Å². The van der Waals surface area contributed by atoms with Crippen molar-refractivity contribution in [2.45, 2.75) is 13.5 Å². The third kappa shape index (κ3) is 3.32. The second-order valence-electron chi connectivity index (χ2n) is 8.15. The molecule has 0 spiro atoms. The lowest BCUT2D eigenvalue weighted by Gasteiger charge is -2.17. The van der Waals surface area contributed by atoms with Crippen molar-refractivity contribution < 1.29 is 4.79 Å². The van der Waals surface area contributed by atoms with Gasteiger partial charge in [-0.3, -0.25) is 9.59 Å². The summed E-state index contributed by atoms with van der Waals surface area (Å²) in [4.78, 5) is 33.7. The molecule has 5 aromatic rings. The van der Waals surface area contributed by atoms with Crippen LogP contribution < -0.4 is 15.0 Å². The third-order valence-electron chi connectivity index (χ3n) is 5.84. The van der Waals surface area contributed by atoms with Crippen molar-refractivity contribution in [3.8, 4) is 11.4 Å². The number of anilines is 1. The summed E-state index contributed by atoms with van der Waals surface area (Å²) in [5.74, 6) is 0.280. The molecule has 2 aromatic heterocycles. The van der Waals surface area contributed by atoms with Crippen molar-refractivity contribution >= 4 is 45.1 Å². The fourth-order valence-electron chi connectivity index (χ4n) is 4.22. The van der Waals surface area contributed by atoms with E-state index in [2.05, 4.69) is 10.1 Å². The van der Waals surface area contributed by atoms with E-state index in [0.717, 1.165) is 27.9 Å². The second-order valence-corrected chi connectivity index (χ2v) is 9.56. The van der Waals surface area contributed by atoms with Gasteiger partial charge >= 0.3 is 0 Å². The van der Waals surface area contributed by atoms with Crippen LogP contribution in [-0.4, -0.2) is 20.5 Å². The minimum Gasteiger partial charge on any atom is -0.303 e. The first-order valence-corrected chi connectivity index (χ1v) is 11.9. The number of carbonyl (C=O) groups excluding carboxylic acids is 1. The maximum absolute atomic E-state index is 13.6. The summed E-state index contributed by atoms with van der Waals surface area (Å²) in [6.45, 7) is 2.37. The van der Waals surface area contributed by atoms with Gasteiger partial charge in [0, 0.05) is 16.1 Å². The van der Waals surface area contributed by atoms with Crippen LogP contribution in [0.5, 0.6) is 0 Å². The molecule has 8 heteroatoms. The number of para-hydroxylation sites is 1. The number of rotatable bonds is 3. The summed E-state index contributed by atoms with van der Waals surface area (Å²) >= 11 is 7.21. The van der Waals surface area contributed by atoms with Gasteiger partial charge in [0.1, 0.15) is 4.53 Å². The van der Waals surface area contributed by atoms with E-state index in [9.17, 15) is 9.59 Å². The minimum absolute atomic E-state index is 0.211. The summed E-state index contributed by atoms with van der Waals surface area (Å²) in [7, 11) is 0. The Balaban J connectivity index is 1.49. The lowest BCUT2D eigenvalue weighted by molar-refractivity contribution is -0.113. The molecule has 0 fully saturated rings. The predicted molar refractivity (Wildman–Crippen MR) is 134 cm³/mol. The Labute approximate surface area is 203 Å². The Hall–Kier alpha value is -3.81. The zero-order chi connectivity index (χ0) is 23.4. The summed E-state index contributed by atoms with van der Waals surface area (Å²) < 4.78 is 1.64. The highest BCUT2D eigenvalue weighted by atomic mass is 35.5. The van der Waals surface area contributed by atoms with Crippen LogP contribution in [0.4, 0.5) is 5.69 Å². The van der Waals surface area contributed by atoms with E-state index < -0.39 is 0 Å². The fourth-order valence-corrected chi connectivity index (χ4v) is 5.34. The summed E-state index contributed by atoms with van der Waals surface area (Å²) in [5, 5.41) is 5.08. The normalized spacial score (nSPS) is 14.8. The number of aryl methyl sites for hydroxylation is 1. The first-order valence-electron chi connectivity index (χ1n) is 10.7. The van der Waals surface area contributed by atoms with Gasteiger partial charge in [-0.25, -0.2) is 0 Å². The molecule has 6 nitrogen and oxygen atoms in total. The number of benzene rings is 3. The Kier molecular flexibility index (Phi) is 4.83. The average molecular weight is 485 g/mol. The zero-order valence-electron chi connectivity index (χ0n) is 18.0. The SMILES string of the molecule is Cc1cccc(-c2nc3s/c(=C4\C(=O)N(Cc5ccc(Cl)cc5)c5ccccc54)c(=O)n3n2)c1. The van der Waals surface area contributed by atoms with Crippen LogP contribution in [0.2, 0.25) is 5.02 Å². The first-order chi connectivity index (χ1) is 16.5. The molecule has 0 saturated carbocycles. The van der Waals surface area contributed by atoms with Crippen molar-refractivity contribution in [1.82, 2.24) is 14.6 Å². The number of fused-ring (bicyclic) bond motifs is 2. The molecule has 3 heterocycles. The van der Waals surface area contributed by atoms with Gasteiger partial charge in [0.25, 0.3) is 11.5 Å². The third-order valence-corrected chi connectivity index (χ3v) is 7.12. The van der Waals surface area contributed by atoms with Gasteiger partial charge in [0.2, 0.25) is 4.96 Å². The van der Waals surface area contributed by atoms with Crippen LogP contribution in [0, 0.1) is 6.92 Å². The van der Waals surface area contributed by atoms with Crippen LogP contribution in [0.1, 0.15) is 16.7 Å². The molecule has 1 aliphatic heterocycles. The smallest absolute Gasteiger partial charge is 0.291 e. The van der Waals surface area contributed by atoms with Crippen molar-refractivity contribution in [3.05, 3.63) is 109 Å². The maximum Gasteiger partial charge on any atom is 0.291 e. The molecule has 6 rings (SSSR count). The molecule has 3 aromatic carbocycles. The molecule has 34 heavy (non-hydrogen) atoms. The topological polar surface area (TPSA) is 67.6 Å². The molecule has 1 amide bonds. The summed E-state index contributed by atoms with van der Waals surface area (Å²) in [5.41, 5.74) is 4.45. The molecule has 1 aliphatic rings. The number of halogens is 1. The van der Waals surface area contributed by atoms with E-state index in [1.54, 1.807) is 17.0 Å². The highest BCUT2D eigenvalue weighted by Crippen LogP contribution is 2.36. The molecule has 0 atom stereocenters. The second kappa shape index (κ2) is 7.90. The quantitative estimate of drug-likeness (QED) is 0.384. The molecular formula is C26H17ClN4O2S. The standard InChI is InChI=1S/C26H17ClN4O2S/c1-15-5-4-6-17(13-15)23-28-26-31(29-23)25(33)22(34-26)21-19-7-2-3-8-20(19)30(24(21)32)14-16-9-11-18(27)12-10-16/h2-13H,14H2,1H3/b22-21-. The fraction of sp³-hybridized carbons (Fsp3) is 0.0769. The van der Waals surface area contributed by atoms with Crippen molar-refractivity contribution in [2.75, 3.05) is 4.90 Å². The molecule has 0 N–H and O–H groups in total. The Morgan fingerprint density at radius 3 is 2.53 bits per heavy atom. The maximum atomic E-state index is 13.6. The Bertz CT molecular complexity index is 1710.